The van der Waals surface area contributed by atoms with E-state index in [1.54, 1.807) is 0 Å². The van der Waals surface area contributed by atoms with Crippen LogP contribution in [0.5, 0.6) is 0 Å². The molecule has 8 heteroatoms. The van der Waals surface area contributed by atoms with E-state index in [1.165, 1.54) is 0 Å². The van der Waals surface area contributed by atoms with Crippen LogP contribution in [0.2, 0.25) is 0 Å². The fourth-order valence-electron chi connectivity index (χ4n) is 2.00. The number of thioether (sulfide) groups is 1. The summed E-state index contributed by atoms with van der Waals surface area (Å²) in [7, 11) is 0. The number of nitrogens with one attached hydrogen (secondary N) is 2. The van der Waals surface area contributed by atoms with Gasteiger partial charge >= 0.3 is 0 Å². The monoisotopic (exact) mass is 312 g/mol. The molecule has 0 radical (unpaired) electrons. The first-order chi connectivity index (χ1) is 10.3. The molecule has 1 aliphatic rings. The normalized spacial score (nSPS) is 15.0. The molecule has 1 fully saturated rings. The Kier molecular flexibility index (Phi) is 6.81. The van der Waals surface area contributed by atoms with Crippen LogP contribution in [0.3, 0.4) is 0 Å². The third-order valence-electron chi connectivity index (χ3n) is 3.06. The Labute approximate surface area is 130 Å². The molecule has 1 aromatic rings. The van der Waals surface area contributed by atoms with Gasteiger partial charge in [-0.2, -0.15) is 26.7 Å². The summed E-state index contributed by atoms with van der Waals surface area (Å²) in [5.74, 6) is 3.12. The van der Waals surface area contributed by atoms with Crippen LogP contribution in [0.1, 0.15) is 13.3 Å². The minimum absolute atomic E-state index is 0.626. The lowest BCUT2D eigenvalue weighted by atomic mass is 10.4. The largest absolute Gasteiger partial charge is 0.378 e. The van der Waals surface area contributed by atoms with Gasteiger partial charge in [0, 0.05) is 26.2 Å². The molecular formula is C13H24N6OS. The zero-order chi connectivity index (χ0) is 14.9. The topological polar surface area (TPSA) is 75.2 Å². The van der Waals surface area contributed by atoms with E-state index in [0.29, 0.717) is 11.9 Å². The van der Waals surface area contributed by atoms with Crippen LogP contribution in [0.15, 0.2) is 0 Å². The van der Waals surface area contributed by atoms with Gasteiger partial charge in [-0.1, -0.05) is 0 Å². The van der Waals surface area contributed by atoms with E-state index in [2.05, 4.69) is 36.7 Å². The van der Waals surface area contributed by atoms with Crippen molar-refractivity contribution in [3.05, 3.63) is 0 Å². The van der Waals surface area contributed by atoms with Crippen molar-refractivity contribution in [1.29, 1.82) is 0 Å². The van der Waals surface area contributed by atoms with Gasteiger partial charge in [0.1, 0.15) is 0 Å². The molecule has 0 bridgehead atoms. The highest BCUT2D eigenvalue weighted by Gasteiger charge is 2.16. The van der Waals surface area contributed by atoms with Crippen molar-refractivity contribution in [3.63, 3.8) is 0 Å². The van der Waals surface area contributed by atoms with Gasteiger partial charge in [-0.15, -0.1) is 0 Å². The third-order valence-corrected chi connectivity index (χ3v) is 3.76. The average molecular weight is 312 g/mol. The molecule has 21 heavy (non-hydrogen) atoms. The van der Waals surface area contributed by atoms with Crippen molar-refractivity contribution >= 4 is 29.6 Å². The highest BCUT2D eigenvalue weighted by atomic mass is 32.2. The number of rotatable bonds is 8. The maximum atomic E-state index is 5.37. The molecule has 1 aromatic heterocycles. The first-order valence-corrected chi connectivity index (χ1v) is 8.78. The molecule has 0 amide bonds. The van der Waals surface area contributed by atoms with Gasteiger partial charge in [0.25, 0.3) is 0 Å². The fraction of sp³-hybridized carbons (Fsp3) is 0.769. The summed E-state index contributed by atoms with van der Waals surface area (Å²) >= 11 is 1.85. The van der Waals surface area contributed by atoms with E-state index in [1.807, 2.05) is 18.7 Å². The van der Waals surface area contributed by atoms with Gasteiger partial charge in [0.05, 0.1) is 13.2 Å². The molecule has 1 aliphatic heterocycles. The number of aromatic nitrogens is 3. The Morgan fingerprint density at radius 2 is 1.86 bits per heavy atom. The van der Waals surface area contributed by atoms with E-state index >= 15 is 0 Å². The van der Waals surface area contributed by atoms with Gasteiger partial charge in [0.2, 0.25) is 17.8 Å². The number of ether oxygens (including phenoxy) is 1. The summed E-state index contributed by atoms with van der Waals surface area (Å²) in [5.41, 5.74) is 0. The molecule has 0 unspecified atom stereocenters. The van der Waals surface area contributed by atoms with Gasteiger partial charge in [0.15, 0.2) is 0 Å². The van der Waals surface area contributed by atoms with E-state index < -0.39 is 0 Å². The van der Waals surface area contributed by atoms with Gasteiger partial charge in [-0.3, -0.25) is 0 Å². The number of anilines is 3. The predicted octanol–water partition coefficient (Wildman–Crippen LogP) is 1.30. The summed E-state index contributed by atoms with van der Waals surface area (Å²) in [6.45, 7) is 6.78. The molecule has 0 spiro atoms. The van der Waals surface area contributed by atoms with Crippen molar-refractivity contribution in [1.82, 2.24) is 15.0 Å². The maximum Gasteiger partial charge on any atom is 0.232 e. The zero-order valence-electron chi connectivity index (χ0n) is 12.8. The summed E-state index contributed by atoms with van der Waals surface area (Å²) in [6.07, 6.45) is 3.21. The molecule has 7 nitrogen and oxygen atoms in total. The summed E-state index contributed by atoms with van der Waals surface area (Å²) < 4.78 is 5.37. The van der Waals surface area contributed by atoms with Crippen LogP contribution >= 0.6 is 11.8 Å². The molecule has 0 aromatic carbocycles. The standard InChI is InChI=1S/C13H24N6OS/c1-3-14-11-16-12(15-5-4-10-21-2)18-13(17-11)19-6-8-20-9-7-19/h3-10H2,1-2H3,(H2,14,15,16,17,18). The van der Waals surface area contributed by atoms with Crippen LogP contribution in [-0.2, 0) is 4.74 Å². The van der Waals surface area contributed by atoms with Crippen molar-refractivity contribution in [2.24, 2.45) is 0 Å². The minimum Gasteiger partial charge on any atom is -0.378 e. The Bertz CT molecular complexity index is 427. The third kappa shape index (κ3) is 5.20. The Morgan fingerprint density at radius 1 is 1.14 bits per heavy atom. The highest BCUT2D eigenvalue weighted by molar-refractivity contribution is 7.98. The Balaban J connectivity index is 2.05. The van der Waals surface area contributed by atoms with Gasteiger partial charge in [-0.05, 0) is 25.4 Å². The van der Waals surface area contributed by atoms with E-state index in [0.717, 1.165) is 57.5 Å². The first kappa shape index (κ1) is 16.1. The van der Waals surface area contributed by atoms with E-state index in [9.17, 15) is 0 Å². The summed E-state index contributed by atoms with van der Waals surface area (Å²) in [4.78, 5) is 15.6. The summed E-state index contributed by atoms with van der Waals surface area (Å²) in [6, 6.07) is 0. The van der Waals surface area contributed by atoms with Gasteiger partial charge in [-0.25, -0.2) is 0 Å². The van der Waals surface area contributed by atoms with Crippen molar-refractivity contribution in [3.8, 4) is 0 Å². The zero-order valence-corrected chi connectivity index (χ0v) is 13.6. The molecule has 118 valence electrons. The molecule has 2 N–H and O–H groups in total. The van der Waals surface area contributed by atoms with Crippen LogP contribution in [0.4, 0.5) is 17.8 Å². The molecular weight excluding hydrogens is 288 g/mol. The number of nitrogens with zero attached hydrogens (tertiary/aromatic N) is 4. The molecule has 0 saturated carbocycles. The van der Waals surface area contributed by atoms with E-state index in [4.69, 9.17) is 4.74 Å². The van der Waals surface area contributed by atoms with Crippen LogP contribution in [-0.4, -0.2) is 66.4 Å². The van der Waals surface area contributed by atoms with Crippen molar-refractivity contribution < 1.29 is 4.74 Å². The Hall–Kier alpha value is -1.28. The SMILES string of the molecule is CCNc1nc(NCCCSC)nc(N2CCOCC2)n1. The molecule has 1 saturated heterocycles. The lowest BCUT2D eigenvalue weighted by Crippen LogP contribution is -2.37. The Morgan fingerprint density at radius 3 is 2.52 bits per heavy atom. The van der Waals surface area contributed by atoms with Crippen LogP contribution in [0.25, 0.3) is 0 Å². The number of hydrogen-bond acceptors (Lipinski definition) is 8. The summed E-state index contributed by atoms with van der Waals surface area (Å²) in [5, 5.41) is 6.45. The predicted molar refractivity (Wildman–Crippen MR) is 88.5 cm³/mol. The number of hydrogen-bond donors (Lipinski definition) is 2. The van der Waals surface area contributed by atoms with Crippen molar-refractivity contribution in [2.75, 3.05) is 66.9 Å². The highest BCUT2D eigenvalue weighted by Crippen LogP contribution is 2.15. The quantitative estimate of drug-likeness (QED) is 0.696. The van der Waals surface area contributed by atoms with E-state index in [-0.39, 0.29) is 0 Å². The molecule has 0 atom stereocenters. The second-order valence-corrected chi connectivity index (χ2v) is 5.67. The lowest BCUT2D eigenvalue weighted by Gasteiger charge is -2.27. The lowest BCUT2D eigenvalue weighted by molar-refractivity contribution is 0.122. The van der Waals surface area contributed by atoms with Crippen molar-refractivity contribution in [2.45, 2.75) is 13.3 Å². The second-order valence-electron chi connectivity index (χ2n) is 4.69. The molecule has 2 rings (SSSR count). The average Bonchev–Trinajstić information content (AvgIpc) is 2.53. The fourth-order valence-corrected chi connectivity index (χ4v) is 2.44. The maximum absolute atomic E-state index is 5.37. The molecule has 0 aliphatic carbocycles. The minimum atomic E-state index is 0.626. The van der Waals surface area contributed by atoms with Gasteiger partial charge < -0.3 is 20.3 Å². The molecule has 2 heterocycles. The first-order valence-electron chi connectivity index (χ1n) is 7.39. The number of morpholine rings is 1. The second kappa shape index (κ2) is 8.89. The smallest absolute Gasteiger partial charge is 0.232 e. The van der Waals surface area contributed by atoms with Crippen LogP contribution in [0, 0.1) is 0 Å². The van der Waals surface area contributed by atoms with Crippen LogP contribution < -0.4 is 15.5 Å².